The van der Waals surface area contributed by atoms with E-state index >= 15 is 0 Å². The van der Waals surface area contributed by atoms with Crippen LogP contribution >= 0.6 is 0 Å². The van der Waals surface area contributed by atoms with Crippen LogP contribution in [0, 0.1) is 5.92 Å². The fourth-order valence-corrected chi connectivity index (χ4v) is 1.89. The van der Waals surface area contributed by atoms with Gasteiger partial charge in [0.25, 0.3) is 0 Å². The third-order valence-electron chi connectivity index (χ3n) is 3.45. The molecule has 1 aliphatic rings. The van der Waals surface area contributed by atoms with Crippen molar-refractivity contribution < 1.29 is 4.74 Å². The van der Waals surface area contributed by atoms with E-state index in [9.17, 15) is 0 Å². The molecule has 1 fully saturated rings. The van der Waals surface area contributed by atoms with E-state index < -0.39 is 0 Å². The van der Waals surface area contributed by atoms with E-state index in [2.05, 4.69) is 43.3 Å². The van der Waals surface area contributed by atoms with Crippen molar-refractivity contribution in [3.63, 3.8) is 0 Å². The summed E-state index contributed by atoms with van der Waals surface area (Å²) in [5.74, 6) is 1.53. The van der Waals surface area contributed by atoms with Gasteiger partial charge < -0.3 is 15.4 Å². The Morgan fingerprint density at radius 2 is 2.17 bits per heavy atom. The van der Waals surface area contributed by atoms with Crippen LogP contribution in [0.4, 0.5) is 0 Å². The highest BCUT2D eigenvalue weighted by atomic mass is 16.5. The van der Waals surface area contributed by atoms with Crippen molar-refractivity contribution in [2.24, 2.45) is 10.9 Å². The first-order chi connectivity index (χ1) is 8.63. The highest BCUT2D eigenvalue weighted by Crippen LogP contribution is 2.14. The number of aliphatic imine (C=N–C) groups is 1. The highest BCUT2D eigenvalue weighted by molar-refractivity contribution is 5.80. The summed E-state index contributed by atoms with van der Waals surface area (Å²) in [5, 5.41) is 6.73. The molecule has 1 saturated heterocycles. The molecule has 0 saturated carbocycles. The maximum atomic E-state index is 5.60. The van der Waals surface area contributed by atoms with E-state index in [-0.39, 0.29) is 0 Å². The summed E-state index contributed by atoms with van der Waals surface area (Å²) in [5.41, 5.74) is 0. The Bertz CT molecular complexity index is 247. The van der Waals surface area contributed by atoms with Gasteiger partial charge in [0, 0.05) is 25.7 Å². The number of hydrogen-bond donors (Lipinski definition) is 2. The first-order valence-corrected chi connectivity index (χ1v) is 7.30. The summed E-state index contributed by atoms with van der Waals surface area (Å²) in [4.78, 5) is 4.61. The predicted molar refractivity (Wildman–Crippen MR) is 77.0 cm³/mol. The normalized spacial score (nSPS) is 22.3. The van der Waals surface area contributed by atoms with Gasteiger partial charge in [0.1, 0.15) is 0 Å². The Labute approximate surface area is 112 Å². The molecule has 1 heterocycles. The average molecular weight is 255 g/mol. The quantitative estimate of drug-likeness (QED) is 0.565. The lowest BCUT2D eigenvalue weighted by Gasteiger charge is -2.20. The lowest BCUT2D eigenvalue weighted by atomic mass is 10.1. The van der Waals surface area contributed by atoms with E-state index in [0.29, 0.717) is 18.1 Å². The van der Waals surface area contributed by atoms with Gasteiger partial charge in [0.2, 0.25) is 0 Å². The molecule has 0 aliphatic carbocycles. The summed E-state index contributed by atoms with van der Waals surface area (Å²) >= 11 is 0. The van der Waals surface area contributed by atoms with E-state index in [0.717, 1.165) is 32.1 Å². The van der Waals surface area contributed by atoms with Crippen molar-refractivity contribution in [1.29, 1.82) is 0 Å². The van der Waals surface area contributed by atoms with Crippen molar-refractivity contribution in [3.8, 4) is 0 Å². The van der Waals surface area contributed by atoms with Crippen LogP contribution in [0.1, 0.15) is 47.0 Å². The van der Waals surface area contributed by atoms with Crippen molar-refractivity contribution in [2.75, 3.05) is 19.7 Å². The first-order valence-electron chi connectivity index (χ1n) is 7.30. The molecular weight excluding hydrogens is 226 g/mol. The average Bonchev–Trinajstić information content (AvgIpc) is 2.82. The molecule has 2 unspecified atom stereocenters. The van der Waals surface area contributed by atoms with Crippen LogP contribution in [0.3, 0.4) is 0 Å². The van der Waals surface area contributed by atoms with Crippen LogP contribution in [-0.2, 0) is 4.74 Å². The van der Waals surface area contributed by atoms with Crippen molar-refractivity contribution in [1.82, 2.24) is 10.6 Å². The molecule has 106 valence electrons. The van der Waals surface area contributed by atoms with Crippen molar-refractivity contribution in [2.45, 2.75) is 59.1 Å². The Morgan fingerprint density at radius 1 is 1.39 bits per heavy atom. The van der Waals surface area contributed by atoms with Crippen LogP contribution < -0.4 is 10.6 Å². The number of nitrogens with one attached hydrogen (secondary N) is 2. The molecule has 2 atom stereocenters. The molecule has 2 N–H and O–H groups in total. The molecule has 0 aromatic heterocycles. The summed E-state index contributed by atoms with van der Waals surface area (Å²) in [6.07, 6.45) is 3.87. The Hall–Kier alpha value is -0.770. The molecule has 1 rings (SSSR count). The lowest BCUT2D eigenvalue weighted by molar-refractivity contribution is 0.106. The summed E-state index contributed by atoms with van der Waals surface area (Å²) in [7, 11) is 0. The fourth-order valence-electron chi connectivity index (χ4n) is 1.89. The zero-order valence-corrected chi connectivity index (χ0v) is 12.3. The standard InChI is InChI=1S/C14H29N3O/c1-5-15-14(17-12(4)11(2)3)16-9-8-13-7-6-10-18-13/h11-13H,5-10H2,1-4H3,(H2,15,16,17). The first kappa shape index (κ1) is 15.3. The Balaban J connectivity index is 2.34. The summed E-state index contributed by atoms with van der Waals surface area (Å²) in [6.45, 7) is 11.4. The van der Waals surface area contributed by atoms with E-state index in [4.69, 9.17) is 4.74 Å². The molecule has 4 nitrogen and oxygen atoms in total. The molecule has 0 aromatic carbocycles. The molecule has 0 aromatic rings. The number of nitrogens with zero attached hydrogens (tertiary/aromatic N) is 1. The predicted octanol–water partition coefficient (Wildman–Crippen LogP) is 2.16. The largest absolute Gasteiger partial charge is 0.378 e. The van der Waals surface area contributed by atoms with Gasteiger partial charge in [0.05, 0.1) is 6.10 Å². The fraction of sp³-hybridized carbons (Fsp3) is 0.929. The van der Waals surface area contributed by atoms with Gasteiger partial charge in [0.15, 0.2) is 5.96 Å². The van der Waals surface area contributed by atoms with Crippen LogP contribution in [-0.4, -0.2) is 37.8 Å². The summed E-state index contributed by atoms with van der Waals surface area (Å²) < 4.78 is 5.60. The minimum absolute atomic E-state index is 0.430. The number of guanidine groups is 1. The second-order valence-corrected chi connectivity index (χ2v) is 5.36. The van der Waals surface area contributed by atoms with Crippen molar-refractivity contribution >= 4 is 5.96 Å². The van der Waals surface area contributed by atoms with Crippen LogP contribution in [0.2, 0.25) is 0 Å². The summed E-state index contributed by atoms with van der Waals surface area (Å²) in [6, 6.07) is 0.436. The Morgan fingerprint density at radius 3 is 2.72 bits per heavy atom. The Kier molecular flexibility index (Phi) is 7.09. The van der Waals surface area contributed by atoms with Crippen LogP contribution in [0.25, 0.3) is 0 Å². The topological polar surface area (TPSA) is 45.7 Å². The van der Waals surface area contributed by atoms with Gasteiger partial charge in [-0.1, -0.05) is 13.8 Å². The molecule has 0 bridgehead atoms. The van der Waals surface area contributed by atoms with E-state index in [1.54, 1.807) is 0 Å². The van der Waals surface area contributed by atoms with Crippen LogP contribution in [0.15, 0.2) is 4.99 Å². The zero-order valence-electron chi connectivity index (χ0n) is 12.3. The molecule has 0 spiro atoms. The lowest BCUT2D eigenvalue weighted by Crippen LogP contribution is -2.44. The van der Waals surface area contributed by atoms with E-state index in [1.807, 2.05) is 0 Å². The van der Waals surface area contributed by atoms with Gasteiger partial charge in [-0.3, -0.25) is 4.99 Å². The number of ether oxygens (including phenoxy) is 1. The maximum absolute atomic E-state index is 5.60. The monoisotopic (exact) mass is 255 g/mol. The zero-order chi connectivity index (χ0) is 13.4. The minimum Gasteiger partial charge on any atom is -0.378 e. The van der Waals surface area contributed by atoms with Crippen molar-refractivity contribution in [3.05, 3.63) is 0 Å². The number of hydrogen-bond acceptors (Lipinski definition) is 2. The van der Waals surface area contributed by atoms with Crippen LogP contribution in [0.5, 0.6) is 0 Å². The minimum atomic E-state index is 0.430. The van der Waals surface area contributed by atoms with Gasteiger partial charge in [-0.15, -0.1) is 0 Å². The third kappa shape index (κ3) is 5.71. The van der Waals surface area contributed by atoms with Gasteiger partial charge in [-0.25, -0.2) is 0 Å². The van der Waals surface area contributed by atoms with E-state index in [1.165, 1.54) is 12.8 Å². The number of rotatable bonds is 6. The highest BCUT2D eigenvalue weighted by Gasteiger charge is 2.14. The van der Waals surface area contributed by atoms with Gasteiger partial charge in [-0.2, -0.15) is 0 Å². The molecular formula is C14H29N3O. The molecule has 0 radical (unpaired) electrons. The van der Waals surface area contributed by atoms with Gasteiger partial charge >= 0.3 is 0 Å². The maximum Gasteiger partial charge on any atom is 0.191 e. The molecule has 4 heteroatoms. The smallest absolute Gasteiger partial charge is 0.191 e. The molecule has 1 aliphatic heterocycles. The second-order valence-electron chi connectivity index (χ2n) is 5.36. The SMILES string of the molecule is CCNC(=NCCC1CCCO1)NC(C)C(C)C. The molecule has 0 amide bonds. The second kappa shape index (κ2) is 8.35. The third-order valence-corrected chi connectivity index (χ3v) is 3.45. The van der Waals surface area contributed by atoms with Gasteiger partial charge in [-0.05, 0) is 39.0 Å². The molecule has 18 heavy (non-hydrogen) atoms.